The molecule has 8 heteroatoms. The van der Waals surface area contributed by atoms with Gasteiger partial charge in [0.05, 0.1) is 16.7 Å². The van der Waals surface area contributed by atoms with Gasteiger partial charge in [-0.1, -0.05) is 0 Å². The van der Waals surface area contributed by atoms with Crippen molar-refractivity contribution in [1.82, 2.24) is 0 Å². The first kappa shape index (κ1) is 17.6. The minimum Gasteiger partial charge on any atom is -0.478 e. The van der Waals surface area contributed by atoms with E-state index in [1.165, 1.54) is 11.8 Å². The van der Waals surface area contributed by atoms with Crippen molar-refractivity contribution in [2.24, 2.45) is 0 Å². The number of aromatic carboxylic acids is 1. The van der Waals surface area contributed by atoms with Crippen LogP contribution in [0.15, 0.2) is 18.2 Å². The van der Waals surface area contributed by atoms with Crippen molar-refractivity contribution in [2.45, 2.75) is 18.7 Å². The highest BCUT2D eigenvalue weighted by molar-refractivity contribution is 7.98. The highest BCUT2D eigenvalue weighted by Crippen LogP contribution is 2.32. The highest BCUT2D eigenvalue weighted by atomic mass is 32.2. The monoisotopic (exact) mass is 323 g/mol. The van der Waals surface area contributed by atoms with Gasteiger partial charge >= 0.3 is 12.1 Å². The molecule has 0 aromatic heterocycles. The molecule has 0 aliphatic rings. The second-order valence-corrected chi connectivity index (χ2v) is 5.71. The zero-order chi connectivity index (χ0) is 16.3. The lowest BCUT2D eigenvalue weighted by molar-refractivity contribution is -0.137. The van der Waals surface area contributed by atoms with Crippen LogP contribution in [-0.4, -0.2) is 40.3 Å². The lowest BCUT2D eigenvalue weighted by Crippen LogP contribution is -2.36. The number of carbonyl (C=O) groups is 1. The van der Waals surface area contributed by atoms with Crippen LogP contribution in [0.25, 0.3) is 0 Å². The molecule has 1 aromatic rings. The molecule has 0 spiro atoms. The van der Waals surface area contributed by atoms with E-state index in [9.17, 15) is 23.1 Å². The van der Waals surface area contributed by atoms with Crippen molar-refractivity contribution < 1.29 is 28.2 Å². The molecule has 118 valence electrons. The lowest BCUT2D eigenvalue weighted by Gasteiger charge is -2.24. The number of hydrogen-bond acceptors (Lipinski definition) is 4. The van der Waals surface area contributed by atoms with Crippen LogP contribution in [0.5, 0.6) is 0 Å². The number of aliphatic hydroxyl groups is 1. The van der Waals surface area contributed by atoms with Crippen LogP contribution in [0.3, 0.4) is 0 Å². The molecule has 0 amide bonds. The number of benzene rings is 1. The van der Waals surface area contributed by atoms with Crippen molar-refractivity contribution in [1.29, 1.82) is 0 Å². The van der Waals surface area contributed by atoms with Gasteiger partial charge in [-0.25, -0.2) is 4.79 Å². The zero-order valence-electron chi connectivity index (χ0n) is 11.5. The van der Waals surface area contributed by atoms with Gasteiger partial charge in [0.15, 0.2) is 0 Å². The number of halogens is 3. The molecule has 0 fully saturated rings. The maximum Gasteiger partial charge on any atom is 0.416 e. The Labute approximate surface area is 124 Å². The van der Waals surface area contributed by atoms with Gasteiger partial charge in [0.25, 0.3) is 0 Å². The first-order valence-electron chi connectivity index (χ1n) is 5.96. The smallest absolute Gasteiger partial charge is 0.416 e. The Morgan fingerprint density at radius 3 is 2.48 bits per heavy atom. The van der Waals surface area contributed by atoms with Gasteiger partial charge in [0.2, 0.25) is 0 Å². The predicted molar refractivity (Wildman–Crippen MR) is 75.9 cm³/mol. The number of anilines is 1. The van der Waals surface area contributed by atoms with Gasteiger partial charge in [-0.2, -0.15) is 24.9 Å². The summed E-state index contributed by atoms with van der Waals surface area (Å²) in [6.45, 7) is 1.58. The molecule has 1 rings (SSSR count). The first-order chi connectivity index (χ1) is 9.57. The van der Waals surface area contributed by atoms with Crippen LogP contribution < -0.4 is 5.32 Å². The lowest BCUT2D eigenvalue weighted by atomic mass is 10.1. The van der Waals surface area contributed by atoms with E-state index in [0.29, 0.717) is 11.8 Å². The van der Waals surface area contributed by atoms with Gasteiger partial charge in [-0.3, -0.25) is 0 Å². The van der Waals surface area contributed by atoms with Crippen LogP contribution in [0.2, 0.25) is 0 Å². The summed E-state index contributed by atoms with van der Waals surface area (Å²) in [5.74, 6) is -1.06. The topological polar surface area (TPSA) is 69.6 Å². The minimum absolute atomic E-state index is 0.0273. The van der Waals surface area contributed by atoms with Crippen molar-refractivity contribution in [2.75, 3.05) is 23.9 Å². The number of carboxylic acid groups (broad SMARTS) is 1. The average molecular weight is 323 g/mol. The van der Waals surface area contributed by atoms with E-state index >= 15 is 0 Å². The molecule has 1 aromatic carbocycles. The Bertz CT molecular complexity index is 518. The van der Waals surface area contributed by atoms with Gasteiger partial charge in [-0.15, -0.1) is 0 Å². The van der Waals surface area contributed by atoms with Gasteiger partial charge in [0.1, 0.15) is 0 Å². The molecule has 0 aliphatic heterocycles. The Kier molecular flexibility index (Phi) is 5.52. The van der Waals surface area contributed by atoms with Gasteiger partial charge in [-0.05, 0) is 31.4 Å². The van der Waals surface area contributed by atoms with Crippen molar-refractivity contribution in [3.05, 3.63) is 29.3 Å². The number of alkyl halides is 3. The molecule has 1 unspecified atom stereocenters. The number of thioether (sulfide) groups is 1. The summed E-state index contributed by atoms with van der Waals surface area (Å²) in [6.07, 6.45) is -2.80. The summed E-state index contributed by atoms with van der Waals surface area (Å²) in [6, 6.07) is 2.44. The summed E-state index contributed by atoms with van der Waals surface area (Å²) < 4.78 is 37.7. The van der Waals surface area contributed by atoms with E-state index in [2.05, 4.69) is 5.32 Å². The molecule has 1 atom stereocenters. The third kappa shape index (κ3) is 5.13. The van der Waals surface area contributed by atoms with E-state index in [0.717, 1.165) is 12.1 Å². The number of carboxylic acids is 1. The molecule has 3 N–H and O–H groups in total. The Hall–Kier alpha value is -1.41. The second kappa shape index (κ2) is 6.57. The predicted octanol–water partition coefficient (Wildman–Crippen LogP) is 2.93. The fourth-order valence-electron chi connectivity index (χ4n) is 1.70. The molecule has 0 bridgehead atoms. The zero-order valence-corrected chi connectivity index (χ0v) is 12.3. The van der Waals surface area contributed by atoms with Crippen LogP contribution in [0, 0.1) is 0 Å². The van der Waals surface area contributed by atoms with Crippen LogP contribution in [-0.2, 0) is 6.18 Å². The molecular weight excluding hydrogens is 307 g/mol. The molecule has 4 nitrogen and oxygen atoms in total. The maximum atomic E-state index is 12.6. The van der Waals surface area contributed by atoms with Crippen molar-refractivity contribution >= 4 is 23.4 Å². The number of hydrogen-bond donors (Lipinski definition) is 3. The van der Waals surface area contributed by atoms with Crippen LogP contribution in [0.4, 0.5) is 18.9 Å². The second-order valence-electron chi connectivity index (χ2n) is 4.85. The largest absolute Gasteiger partial charge is 0.478 e. The van der Waals surface area contributed by atoms with E-state index in [1.54, 1.807) is 13.2 Å². The third-order valence-corrected chi connectivity index (χ3v) is 3.60. The third-order valence-electron chi connectivity index (χ3n) is 2.69. The molecular formula is C13H16F3NO3S. The Morgan fingerprint density at radius 2 is 2.00 bits per heavy atom. The Morgan fingerprint density at radius 1 is 1.38 bits per heavy atom. The summed E-state index contributed by atoms with van der Waals surface area (Å²) in [4.78, 5) is 11.1. The summed E-state index contributed by atoms with van der Waals surface area (Å²) in [5.41, 5.74) is -2.57. The molecule has 0 radical (unpaired) electrons. The molecule has 0 heterocycles. The fourth-order valence-corrected chi connectivity index (χ4v) is 2.42. The fraction of sp³-hybridized carbons (Fsp3) is 0.462. The Balaban J connectivity index is 3.00. The van der Waals surface area contributed by atoms with E-state index in [1.807, 2.05) is 0 Å². The van der Waals surface area contributed by atoms with Gasteiger partial charge in [0, 0.05) is 18.0 Å². The summed E-state index contributed by atoms with van der Waals surface area (Å²) in [5, 5.41) is 21.7. The number of nitrogens with one attached hydrogen (secondary N) is 1. The quantitative estimate of drug-likeness (QED) is 0.751. The highest BCUT2D eigenvalue weighted by Gasteiger charge is 2.32. The molecule has 0 aliphatic carbocycles. The summed E-state index contributed by atoms with van der Waals surface area (Å²) >= 11 is 1.40. The van der Waals surface area contributed by atoms with E-state index < -0.39 is 28.9 Å². The molecule has 0 saturated carbocycles. The minimum atomic E-state index is -4.60. The van der Waals surface area contributed by atoms with E-state index in [4.69, 9.17) is 5.11 Å². The summed E-state index contributed by atoms with van der Waals surface area (Å²) in [7, 11) is 0. The van der Waals surface area contributed by atoms with Crippen LogP contribution in [0.1, 0.15) is 22.8 Å². The van der Waals surface area contributed by atoms with Crippen molar-refractivity contribution in [3.63, 3.8) is 0 Å². The normalized spacial score (nSPS) is 14.6. The van der Waals surface area contributed by atoms with Crippen LogP contribution >= 0.6 is 11.8 Å². The molecule has 0 saturated heterocycles. The maximum absolute atomic E-state index is 12.6. The average Bonchev–Trinajstić information content (AvgIpc) is 2.35. The standard InChI is InChI=1S/C13H16F3NO3S/c1-12(20,7-21-2)6-17-10-4-3-8(13(14,15)16)5-9(10)11(18)19/h3-5,17,20H,6-7H2,1-2H3,(H,18,19). The van der Waals surface area contributed by atoms with E-state index in [-0.39, 0.29) is 12.2 Å². The SMILES string of the molecule is CSCC(C)(O)CNc1ccc(C(F)(F)F)cc1C(=O)O. The van der Waals surface area contributed by atoms with Crippen molar-refractivity contribution in [3.8, 4) is 0 Å². The number of rotatable bonds is 6. The van der Waals surface area contributed by atoms with Gasteiger partial charge < -0.3 is 15.5 Å². The molecule has 21 heavy (non-hydrogen) atoms. The first-order valence-corrected chi connectivity index (χ1v) is 7.36.